The Balaban J connectivity index is 1.72. The summed E-state index contributed by atoms with van der Waals surface area (Å²) in [5, 5.41) is 11.3. The third-order valence-electron chi connectivity index (χ3n) is 6.87. The molecule has 0 bridgehead atoms. The van der Waals surface area contributed by atoms with E-state index in [2.05, 4.69) is 18.7 Å². The number of hydrogen-bond acceptors (Lipinski definition) is 5. The molecule has 1 amide bonds. The second kappa shape index (κ2) is 10.0. The summed E-state index contributed by atoms with van der Waals surface area (Å²) in [6.45, 7) is 11.4. The Morgan fingerprint density at radius 1 is 1.12 bits per heavy atom. The van der Waals surface area contributed by atoms with Gasteiger partial charge in [-0.3, -0.25) is 9.59 Å². The summed E-state index contributed by atoms with van der Waals surface area (Å²) >= 11 is 0. The quantitative estimate of drug-likeness (QED) is 0.356. The van der Waals surface area contributed by atoms with E-state index in [0.717, 1.165) is 54.9 Å². The minimum absolute atomic E-state index is 0.0799. The Bertz CT molecular complexity index is 1100. The Hall–Kier alpha value is -3.12. The molecule has 2 aromatic carbocycles. The van der Waals surface area contributed by atoms with E-state index in [9.17, 15) is 14.7 Å². The SMILES string of the molecule is CCN(CC)CCCN1C(=O)C(=O)C(=C(O)c2ccc3c(c2)C[C@H](C)O3)[C@H]1c1ccc(C)cc1. The van der Waals surface area contributed by atoms with Gasteiger partial charge in [0.15, 0.2) is 0 Å². The first-order chi connectivity index (χ1) is 16.3. The van der Waals surface area contributed by atoms with Crippen LogP contribution in [-0.4, -0.2) is 58.9 Å². The zero-order valence-electron chi connectivity index (χ0n) is 20.5. The fourth-order valence-corrected chi connectivity index (χ4v) is 4.94. The molecule has 4 rings (SSSR count). The van der Waals surface area contributed by atoms with Crippen LogP contribution in [0, 0.1) is 6.92 Å². The monoisotopic (exact) mass is 462 g/mol. The van der Waals surface area contributed by atoms with Gasteiger partial charge in [0, 0.05) is 18.5 Å². The Morgan fingerprint density at radius 3 is 2.50 bits per heavy atom. The van der Waals surface area contributed by atoms with E-state index in [0.29, 0.717) is 12.1 Å². The molecule has 180 valence electrons. The van der Waals surface area contributed by atoms with Gasteiger partial charge in [0.2, 0.25) is 0 Å². The summed E-state index contributed by atoms with van der Waals surface area (Å²) < 4.78 is 5.77. The van der Waals surface area contributed by atoms with Crippen LogP contribution in [-0.2, 0) is 16.0 Å². The molecule has 2 atom stereocenters. The fourth-order valence-electron chi connectivity index (χ4n) is 4.94. The minimum atomic E-state index is -0.629. The fraction of sp³-hybridized carbons (Fsp3) is 0.429. The van der Waals surface area contributed by atoms with Gasteiger partial charge in [0.25, 0.3) is 11.7 Å². The van der Waals surface area contributed by atoms with Crippen molar-refractivity contribution in [3.8, 4) is 5.75 Å². The molecule has 1 N–H and O–H groups in total. The maximum absolute atomic E-state index is 13.2. The van der Waals surface area contributed by atoms with Crippen molar-refractivity contribution in [2.24, 2.45) is 0 Å². The first kappa shape index (κ1) is 24.0. The number of nitrogens with zero attached hydrogens (tertiary/aromatic N) is 2. The van der Waals surface area contributed by atoms with Gasteiger partial charge >= 0.3 is 0 Å². The number of aryl methyl sites for hydroxylation is 1. The van der Waals surface area contributed by atoms with Crippen molar-refractivity contribution in [2.45, 2.75) is 52.7 Å². The van der Waals surface area contributed by atoms with Crippen molar-refractivity contribution < 1.29 is 19.4 Å². The second-order valence-corrected chi connectivity index (χ2v) is 9.24. The zero-order chi connectivity index (χ0) is 24.4. The van der Waals surface area contributed by atoms with Gasteiger partial charge < -0.3 is 19.6 Å². The van der Waals surface area contributed by atoms with E-state index in [1.807, 2.05) is 50.2 Å². The molecule has 2 heterocycles. The molecule has 1 saturated heterocycles. The average molecular weight is 463 g/mol. The second-order valence-electron chi connectivity index (χ2n) is 9.24. The molecular weight excluding hydrogens is 428 g/mol. The first-order valence-electron chi connectivity index (χ1n) is 12.2. The van der Waals surface area contributed by atoms with Crippen LogP contribution in [0.2, 0.25) is 0 Å². The van der Waals surface area contributed by atoms with Crippen LogP contribution in [0.1, 0.15) is 55.5 Å². The highest BCUT2D eigenvalue weighted by Gasteiger charge is 2.45. The largest absolute Gasteiger partial charge is 0.507 e. The number of aliphatic hydroxyl groups excluding tert-OH is 1. The van der Waals surface area contributed by atoms with E-state index in [1.54, 1.807) is 11.0 Å². The summed E-state index contributed by atoms with van der Waals surface area (Å²) in [5.74, 6) is -0.505. The standard InChI is InChI=1S/C28H34N2O4/c1-5-29(6-2)14-7-15-30-25(20-10-8-18(3)9-11-20)24(27(32)28(30)33)26(31)21-12-13-23-22(17-21)16-19(4)34-23/h8-13,17,19,25,31H,5-7,14-16H2,1-4H3/t19-,25+/m0/s1. The molecule has 1 fully saturated rings. The van der Waals surface area contributed by atoms with Crippen LogP contribution < -0.4 is 4.74 Å². The van der Waals surface area contributed by atoms with Crippen molar-refractivity contribution in [1.29, 1.82) is 0 Å². The highest BCUT2D eigenvalue weighted by atomic mass is 16.5. The van der Waals surface area contributed by atoms with Crippen LogP contribution in [0.3, 0.4) is 0 Å². The number of likely N-dealkylation sites (tertiary alicyclic amines) is 1. The van der Waals surface area contributed by atoms with E-state index >= 15 is 0 Å². The Morgan fingerprint density at radius 2 is 1.82 bits per heavy atom. The molecule has 2 aliphatic rings. The average Bonchev–Trinajstić information content (AvgIpc) is 3.32. The Kier molecular flexibility index (Phi) is 7.08. The molecule has 2 aliphatic heterocycles. The maximum Gasteiger partial charge on any atom is 0.295 e. The smallest absolute Gasteiger partial charge is 0.295 e. The number of hydrogen-bond donors (Lipinski definition) is 1. The summed E-state index contributed by atoms with van der Waals surface area (Å²) in [5.41, 5.74) is 3.61. The topological polar surface area (TPSA) is 70.1 Å². The zero-order valence-corrected chi connectivity index (χ0v) is 20.5. The van der Waals surface area contributed by atoms with E-state index < -0.39 is 17.7 Å². The number of amides is 1. The van der Waals surface area contributed by atoms with Crippen LogP contribution in [0.4, 0.5) is 0 Å². The van der Waals surface area contributed by atoms with Gasteiger partial charge in [0.1, 0.15) is 17.6 Å². The Labute approximate surface area is 201 Å². The lowest BCUT2D eigenvalue weighted by Gasteiger charge is -2.27. The number of carbonyl (C=O) groups excluding carboxylic acids is 2. The number of ether oxygens (including phenoxy) is 1. The third kappa shape index (κ3) is 4.60. The number of rotatable bonds is 8. The molecule has 0 saturated carbocycles. The van der Waals surface area contributed by atoms with Gasteiger partial charge in [0.05, 0.1) is 11.6 Å². The summed E-state index contributed by atoms with van der Waals surface area (Å²) in [7, 11) is 0. The summed E-state index contributed by atoms with van der Waals surface area (Å²) in [6, 6.07) is 12.7. The molecular formula is C28H34N2O4. The van der Waals surface area contributed by atoms with Crippen molar-refractivity contribution in [3.05, 3.63) is 70.3 Å². The van der Waals surface area contributed by atoms with Crippen LogP contribution in [0.15, 0.2) is 48.0 Å². The predicted octanol–water partition coefficient (Wildman–Crippen LogP) is 4.47. The lowest BCUT2D eigenvalue weighted by atomic mass is 9.94. The number of carbonyl (C=O) groups is 2. The van der Waals surface area contributed by atoms with Crippen molar-refractivity contribution in [3.63, 3.8) is 0 Å². The molecule has 6 heteroatoms. The van der Waals surface area contributed by atoms with Crippen LogP contribution in [0.5, 0.6) is 5.75 Å². The van der Waals surface area contributed by atoms with Gasteiger partial charge in [-0.1, -0.05) is 43.7 Å². The normalized spacial score (nSPS) is 21.3. The van der Waals surface area contributed by atoms with Gasteiger partial charge in [-0.2, -0.15) is 0 Å². The molecule has 0 aromatic heterocycles. The highest BCUT2D eigenvalue weighted by molar-refractivity contribution is 6.46. The van der Waals surface area contributed by atoms with Crippen molar-refractivity contribution in [2.75, 3.05) is 26.2 Å². The number of benzene rings is 2. The van der Waals surface area contributed by atoms with Crippen LogP contribution >= 0.6 is 0 Å². The lowest BCUT2D eigenvalue weighted by Crippen LogP contribution is -2.33. The highest BCUT2D eigenvalue weighted by Crippen LogP contribution is 2.40. The minimum Gasteiger partial charge on any atom is -0.507 e. The van der Waals surface area contributed by atoms with Gasteiger partial charge in [-0.05, 0) is 69.2 Å². The molecule has 34 heavy (non-hydrogen) atoms. The van der Waals surface area contributed by atoms with Gasteiger partial charge in [-0.25, -0.2) is 0 Å². The van der Waals surface area contributed by atoms with Crippen molar-refractivity contribution >= 4 is 17.4 Å². The van der Waals surface area contributed by atoms with Gasteiger partial charge in [-0.15, -0.1) is 0 Å². The maximum atomic E-state index is 13.2. The van der Waals surface area contributed by atoms with E-state index in [1.165, 1.54) is 0 Å². The van der Waals surface area contributed by atoms with E-state index in [-0.39, 0.29) is 17.4 Å². The number of aliphatic hydroxyl groups is 1. The number of Topliss-reactive ketones (excluding diaryl/α,β-unsaturated/α-hetero) is 1. The predicted molar refractivity (Wildman–Crippen MR) is 133 cm³/mol. The molecule has 0 aliphatic carbocycles. The van der Waals surface area contributed by atoms with Crippen LogP contribution in [0.25, 0.3) is 5.76 Å². The molecule has 2 aromatic rings. The summed E-state index contributed by atoms with van der Waals surface area (Å²) in [4.78, 5) is 30.3. The van der Waals surface area contributed by atoms with Crippen molar-refractivity contribution in [1.82, 2.24) is 9.80 Å². The number of ketones is 1. The summed E-state index contributed by atoms with van der Waals surface area (Å²) in [6.07, 6.45) is 1.58. The van der Waals surface area contributed by atoms with E-state index in [4.69, 9.17) is 4.74 Å². The molecule has 6 nitrogen and oxygen atoms in total. The molecule has 0 unspecified atom stereocenters. The third-order valence-corrected chi connectivity index (χ3v) is 6.87. The molecule has 0 spiro atoms. The lowest BCUT2D eigenvalue weighted by molar-refractivity contribution is -0.140. The first-order valence-corrected chi connectivity index (χ1v) is 12.2. The molecule has 0 radical (unpaired) electrons. The number of fused-ring (bicyclic) bond motifs is 1.